The van der Waals surface area contributed by atoms with Crippen LogP contribution in [0.5, 0.6) is 0 Å². The highest BCUT2D eigenvalue weighted by molar-refractivity contribution is 6.03. The highest BCUT2D eigenvalue weighted by Crippen LogP contribution is 2.22. The van der Waals surface area contributed by atoms with E-state index in [1.165, 1.54) is 0 Å². The lowest BCUT2D eigenvalue weighted by molar-refractivity contribution is 0.0945. The van der Waals surface area contributed by atoms with E-state index in [-0.39, 0.29) is 11.8 Å². The zero-order chi connectivity index (χ0) is 19.4. The standard InChI is InChI=1S/C20H27N5O2/c1-14-7-6-8-15(13-14)22-20(27)18-23-17(16-9-4-5-11-25(16)18)19(26)21-10-12-24(2)3/h6-8,13H,4-5,9-12H2,1-3H3,(H,21,26)(H,22,27). The van der Waals surface area contributed by atoms with Crippen LogP contribution >= 0.6 is 0 Å². The second kappa shape index (κ2) is 8.35. The summed E-state index contributed by atoms with van der Waals surface area (Å²) < 4.78 is 1.90. The van der Waals surface area contributed by atoms with Crippen molar-refractivity contribution in [3.63, 3.8) is 0 Å². The number of hydrogen-bond donors (Lipinski definition) is 2. The molecule has 27 heavy (non-hydrogen) atoms. The molecule has 1 aliphatic rings. The lowest BCUT2D eigenvalue weighted by Crippen LogP contribution is -2.32. The third-order valence-corrected chi connectivity index (χ3v) is 4.66. The average Bonchev–Trinajstić information content (AvgIpc) is 3.01. The first-order valence-corrected chi connectivity index (χ1v) is 9.36. The maximum absolute atomic E-state index is 12.8. The number of likely N-dealkylation sites (N-methyl/N-ethyl adjacent to an activating group) is 1. The van der Waals surface area contributed by atoms with Gasteiger partial charge in [0.25, 0.3) is 11.8 Å². The molecule has 1 aliphatic heterocycles. The summed E-state index contributed by atoms with van der Waals surface area (Å²) in [5.74, 6) is -0.183. The van der Waals surface area contributed by atoms with Crippen LogP contribution in [-0.2, 0) is 13.0 Å². The van der Waals surface area contributed by atoms with Crippen LogP contribution in [0.2, 0.25) is 0 Å². The first-order chi connectivity index (χ1) is 13.0. The Morgan fingerprint density at radius 3 is 2.78 bits per heavy atom. The van der Waals surface area contributed by atoms with E-state index >= 15 is 0 Å². The smallest absolute Gasteiger partial charge is 0.291 e. The van der Waals surface area contributed by atoms with Gasteiger partial charge in [-0.2, -0.15) is 0 Å². The third-order valence-electron chi connectivity index (χ3n) is 4.66. The van der Waals surface area contributed by atoms with Crippen LogP contribution in [0.1, 0.15) is 45.2 Å². The average molecular weight is 369 g/mol. The van der Waals surface area contributed by atoms with E-state index in [0.29, 0.717) is 24.6 Å². The van der Waals surface area contributed by atoms with Gasteiger partial charge in [-0.3, -0.25) is 9.59 Å². The second-order valence-electron chi connectivity index (χ2n) is 7.22. The van der Waals surface area contributed by atoms with Crippen LogP contribution in [0.25, 0.3) is 0 Å². The van der Waals surface area contributed by atoms with Crippen molar-refractivity contribution in [2.45, 2.75) is 32.7 Å². The van der Waals surface area contributed by atoms with Gasteiger partial charge in [0.2, 0.25) is 0 Å². The van der Waals surface area contributed by atoms with Gasteiger partial charge in [0.05, 0.1) is 5.69 Å². The Kier molecular flexibility index (Phi) is 5.91. The Morgan fingerprint density at radius 1 is 1.22 bits per heavy atom. The summed E-state index contributed by atoms with van der Waals surface area (Å²) in [4.78, 5) is 31.8. The van der Waals surface area contributed by atoms with Gasteiger partial charge < -0.3 is 20.1 Å². The zero-order valence-electron chi connectivity index (χ0n) is 16.2. The summed E-state index contributed by atoms with van der Waals surface area (Å²) in [6.07, 6.45) is 2.75. The van der Waals surface area contributed by atoms with Crippen LogP contribution in [0.4, 0.5) is 5.69 Å². The second-order valence-corrected chi connectivity index (χ2v) is 7.22. The molecule has 0 aliphatic carbocycles. The van der Waals surface area contributed by atoms with Crippen molar-refractivity contribution in [1.82, 2.24) is 19.8 Å². The number of fused-ring (bicyclic) bond motifs is 1. The van der Waals surface area contributed by atoms with E-state index in [2.05, 4.69) is 15.6 Å². The molecule has 3 rings (SSSR count). The quantitative estimate of drug-likeness (QED) is 0.817. The molecule has 0 spiro atoms. The number of anilines is 1. The summed E-state index contributed by atoms with van der Waals surface area (Å²) in [5, 5.41) is 5.80. The fourth-order valence-electron chi connectivity index (χ4n) is 3.28. The molecule has 0 radical (unpaired) electrons. The lowest BCUT2D eigenvalue weighted by atomic mass is 10.1. The summed E-state index contributed by atoms with van der Waals surface area (Å²) in [7, 11) is 3.91. The largest absolute Gasteiger partial charge is 0.349 e. The van der Waals surface area contributed by atoms with Gasteiger partial charge in [0, 0.05) is 25.3 Å². The number of aryl methyl sites for hydroxylation is 1. The molecule has 2 heterocycles. The molecule has 0 saturated heterocycles. The van der Waals surface area contributed by atoms with Crippen molar-refractivity contribution >= 4 is 17.5 Å². The van der Waals surface area contributed by atoms with Crippen LogP contribution < -0.4 is 10.6 Å². The molecule has 2 amide bonds. The summed E-state index contributed by atoms with van der Waals surface area (Å²) in [6.45, 7) is 3.98. The SMILES string of the molecule is Cc1cccc(NC(=O)c2nc(C(=O)NCCN(C)C)c3n2CCCC3)c1. The predicted octanol–water partition coefficient (Wildman–Crippen LogP) is 2.07. The fourth-order valence-corrected chi connectivity index (χ4v) is 3.28. The van der Waals surface area contributed by atoms with E-state index in [9.17, 15) is 9.59 Å². The van der Waals surface area contributed by atoms with Crippen molar-refractivity contribution < 1.29 is 9.59 Å². The first-order valence-electron chi connectivity index (χ1n) is 9.36. The van der Waals surface area contributed by atoms with E-state index in [1.807, 2.05) is 54.8 Å². The van der Waals surface area contributed by atoms with Crippen molar-refractivity contribution in [1.29, 1.82) is 0 Å². The number of nitrogens with zero attached hydrogens (tertiary/aromatic N) is 3. The number of nitrogens with one attached hydrogen (secondary N) is 2. The van der Waals surface area contributed by atoms with E-state index in [1.54, 1.807) is 0 Å². The number of imidazole rings is 1. The Hall–Kier alpha value is -2.67. The first kappa shape index (κ1) is 19.1. The Bertz CT molecular complexity index is 841. The Morgan fingerprint density at radius 2 is 2.04 bits per heavy atom. The number of hydrogen-bond acceptors (Lipinski definition) is 4. The van der Waals surface area contributed by atoms with Gasteiger partial charge in [-0.15, -0.1) is 0 Å². The summed E-state index contributed by atoms with van der Waals surface area (Å²) in [6, 6.07) is 7.63. The molecule has 0 atom stereocenters. The molecular weight excluding hydrogens is 342 g/mol. The maximum atomic E-state index is 12.8. The van der Waals surface area contributed by atoms with E-state index < -0.39 is 0 Å². The molecule has 144 valence electrons. The molecule has 0 unspecified atom stereocenters. The van der Waals surface area contributed by atoms with Crippen LogP contribution in [0, 0.1) is 6.92 Å². The number of carbonyl (C=O) groups excluding carboxylic acids is 2. The maximum Gasteiger partial charge on any atom is 0.291 e. The fraction of sp³-hybridized carbons (Fsp3) is 0.450. The van der Waals surface area contributed by atoms with Crippen molar-refractivity contribution in [2.24, 2.45) is 0 Å². The Balaban J connectivity index is 1.82. The van der Waals surface area contributed by atoms with Gasteiger partial charge in [-0.25, -0.2) is 4.98 Å². The minimum atomic E-state index is -0.281. The monoisotopic (exact) mass is 369 g/mol. The van der Waals surface area contributed by atoms with Gasteiger partial charge in [0.15, 0.2) is 5.82 Å². The summed E-state index contributed by atoms with van der Waals surface area (Å²) in [5.41, 5.74) is 3.03. The van der Waals surface area contributed by atoms with Gasteiger partial charge in [-0.05, 0) is 58.0 Å². The van der Waals surface area contributed by atoms with E-state index in [4.69, 9.17) is 0 Å². The number of carbonyl (C=O) groups is 2. The molecule has 1 aromatic heterocycles. The number of aromatic nitrogens is 2. The third kappa shape index (κ3) is 4.54. The minimum absolute atomic E-state index is 0.211. The highest BCUT2D eigenvalue weighted by Gasteiger charge is 2.27. The van der Waals surface area contributed by atoms with Crippen LogP contribution in [0.3, 0.4) is 0 Å². The number of rotatable bonds is 6. The molecule has 0 bridgehead atoms. The molecule has 1 aromatic carbocycles. The Labute approximate surface area is 159 Å². The molecule has 2 N–H and O–H groups in total. The van der Waals surface area contributed by atoms with Gasteiger partial charge in [-0.1, -0.05) is 12.1 Å². The van der Waals surface area contributed by atoms with Crippen LogP contribution in [-0.4, -0.2) is 53.5 Å². The predicted molar refractivity (Wildman–Crippen MR) is 105 cm³/mol. The molecule has 7 nitrogen and oxygen atoms in total. The molecular formula is C20H27N5O2. The lowest BCUT2D eigenvalue weighted by Gasteiger charge is -2.17. The minimum Gasteiger partial charge on any atom is -0.349 e. The van der Waals surface area contributed by atoms with Crippen molar-refractivity contribution in [3.8, 4) is 0 Å². The van der Waals surface area contributed by atoms with Gasteiger partial charge >= 0.3 is 0 Å². The van der Waals surface area contributed by atoms with Gasteiger partial charge in [0.1, 0.15) is 5.69 Å². The number of benzene rings is 1. The highest BCUT2D eigenvalue weighted by atomic mass is 16.2. The summed E-state index contributed by atoms with van der Waals surface area (Å²) >= 11 is 0. The molecule has 7 heteroatoms. The zero-order valence-corrected chi connectivity index (χ0v) is 16.2. The molecule has 2 aromatic rings. The van der Waals surface area contributed by atoms with Crippen molar-refractivity contribution in [3.05, 3.63) is 47.0 Å². The topological polar surface area (TPSA) is 79.3 Å². The molecule has 0 fully saturated rings. The molecule has 0 saturated carbocycles. The number of amides is 2. The van der Waals surface area contributed by atoms with E-state index in [0.717, 1.165) is 42.8 Å². The van der Waals surface area contributed by atoms with Crippen molar-refractivity contribution in [2.75, 3.05) is 32.5 Å². The van der Waals surface area contributed by atoms with Crippen LogP contribution in [0.15, 0.2) is 24.3 Å². The normalized spacial score (nSPS) is 13.3.